The third kappa shape index (κ3) is 2.58. The van der Waals surface area contributed by atoms with Crippen LogP contribution in [0.4, 0.5) is 10.1 Å². The Balaban J connectivity index is 2.21. The van der Waals surface area contributed by atoms with E-state index in [1.807, 2.05) is 20.0 Å². The fourth-order valence-corrected chi connectivity index (χ4v) is 1.90. The minimum absolute atomic E-state index is 0.00167. The highest BCUT2D eigenvalue weighted by Gasteiger charge is 2.11. The second-order valence-corrected chi connectivity index (χ2v) is 4.28. The molecule has 0 amide bonds. The van der Waals surface area contributed by atoms with Crippen molar-refractivity contribution >= 4 is 17.3 Å². The molecule has 0 spiro atoms. The molecular formula is C12H13ClFN3. The molecule has 1 aromatic heterocycles. The normalized spacial score (nSPS) is 12.5. The zero-order chi connectivity index (χ0) is 12.4. The van der Waals surface area contributed by atoms with Crippen LogP contribution in [0, 0.1) is 5.82 Å². The van der Waals surface area contributed by atoms with Gasteiger partial charge < -0.3 is 5.32 Å². The van der Waals surface area contributed by atoms with E-state index in [0.717, 1.165) is 5.69 Å². The average molecular weight is 254 g/mol. The molecule has 0 aliphatic carbocycles. The number of benzene rings is 1. The summed E-state index contributed by atoms with van der Waals surface area (Å²) in [6.45, 7) is 1.97. The van der Waals surface area contributed by atoms with Gasteiger partial charge >= 0.3 is 0 Å². The van der Waals surface area contributed by atoms with Gasteiger partial charge in [-0.1, -0.05) is 11.6 Å². The maximum absolute atomic E-state index is 13.1. The van der Waals surface area contributed by atoms with Crippen molar-refractivity contribution in [2.24, 2.45) is 7.05 Å². The van der Waals surface area contributed by atoms with Gasteiger partial charge in [0.25, 0.3) is 0 Å². The van der Waals surface area contributed by atoms with Crippen LogP contribution in [0.1, 0.15) is 18.7 Å². The summed E-state index contributed by atoms with van der Waals surface area (Å²) in [5, 5.41) is 7.75. The molecule has 5 heteroatoms. The van der Waals surface area contributed by atoms with Crippen molar-refractivity contribution in [1.29, 1.82) is 0 Å². The molecule has 1 N–H and O–H groups in total. The van der Waals surface area contributed by atoms with E-state index in [0.29, 0.717) is 10.7 Å². The summed E-state index contributed by atoms with van der Waals surface area (Å²) in [4.78, 5) is 0. The standard InChI is InChI=1S/C12H13ClFN3/c1-8(12-5-6-15-17(12)2)16-11-7-9(14)3-4-10(11)13/h3-8,16H,1-2H3. The van der Waals surface area contributed by atoms with Crippen molar-refractivity contribution in [3.8, 4) is 0 Å². The summed E-state index contributed by atoms with van der Waals surface area (Å²) in [7, 11) is 1.86. The quantitative estimate of drug-likeness (QED) is 0.909. The van der Waals surface area contributed by atoms with Crippen LogP contribution < -0.4 is 5.32 Å². The Morgan fingerprint density at radius 3 is 2.82 bits per heavy atom. The van der Waals surface area contributed by atoms with Gasteiger partial charge in [0.1, 0.15) is 5.82 Å². The maximum atomic E-state index is 13.1. The molecule has 0 bridgehead atoms. The molecule has 0 fully saturated rings. The van der Waals surface area contributed by atoms with E-state index in [-0.39, 0.29) is 11.9 Å². The van der Waals surface area contributed by atoms with Gasteiger partial charge in [-0.3, -0.25) is 4.68 Å². The van der Waals surface area contributed by atoms with Crippen LogP contribution in [0.2, 0.25) is 5.02 Å². The second-order valence-electron chi connectivity index (χ2n) is 3.87. The van der Waals surface area contributed by atoms with Crippen molar-refractivity contribution < 1.29 is 4.39 Å². The van der Waals surface area contributed by atoms with Crippen molar-refractivity contribution in [1.82, 2.24) is 9.78 Å². The molecule has 1 atom stereocenters. The number of aryl methyl sites for hydroxylation is 1. The number of hydrogen-bond donors (Lipinski definition) is 1. The lowest BCUT2D eigenvalue weighted by molar-refractivity contribution is 0.627. The average Bonchev–Trinajstić information content (AvgIpc) is 2.70. The first-order valence-corrected chi connectivity index (χ1v) is 5.65. The topological polar surface area (TPSA) is 29.9 Å². The van der Waals surface area contributed by atoms with E-state index in [1.54, 1.807) is 10.9 Å². The smallest absolute Gasteiger partial charge is 0.125 e. The number of aromatic nitrogens is 2. The predicted molar refractivity (Wildman–Crippen MR) is 66.7 cm³/mol. The van der Waals surface area contributed by atoms with Crippen LogP contribution in [0.25, 0.3) is 0 Å². The molecule has 0 aliphatic rings. The summed E-state index contributed by atoms with van der Waals surface area (Å²) in [5.41, 5.74) is 1.59. The fraction of sp³-hybridized carbons (Fsp3) is 0.250. The van der Waals surface area contributed by atoms with Crippen LogP contribution in [0.3, 0.4) is 0 Å². The minimum Gasteiger partial charge on any atom is -0.376 e. The van der Waals surface area contributed by atoms with Gasteiger partial charge in [0.15, 0.2) is 0 Å². The number of hydrogen-bond acceptors (Lipinski definition) is 2. The van der Waals surface area contributed by atoms with Crippen LogP contribution in [0.5, 0.6) is 0 Å². The highest BCUT2D eigenvalue weighted by molar-refractivity contribution is 6.33. The first-order chi connectivity index (χ1) is 8.08. The maximum Gasteiger partial charge on any atom is 0.125 e. The Hall–Kier alpha value is -1.55. The second kappa shape index (κ2) is 4.75. The molecule has 2 rings (SSSR count). The molecule has 1 aromatic carbocycles. The molecule has 2 aromatic rings. The predicted octanol–water partition coefficient (Wildman–Crippen LogP) is 3.39. The number of halogens is 2. The largest absolute Gasteiger partial charge is 0.376 e. The van der Waals surface area contributed by atoms with E-state index in [9.17, 15) is 4.39 Å². The molecular weight excluding hydrogens is 241 g/mol. The van der Waals surface area contributed by atoms with Crippen LogP contribution in [0.15, 0.2) is 30.5 Å². The highest BCUT2D eigenvalue weighted by atomic mass is 35.5. The minimum atomic E-state index is -0.311. The zero-order valence-electron chi connectivity index (χ0n) is 9.61. The Morgan fingerprint density at radius 1 is 1.41 bits per heavy atom. The first kappa shape index (κ1) is 11.9. The number of anilines is 1. The molecule has 1 unspecified atom stereocenters. The van der Waals surface area contributed by atoms with Crippen molar-refractivity contribution in [3.63, 3.8) is 0 Å². The van der Waals surface area contributed by atoms with E-state index >= 15 is 0 Å². The van der Waals surface area contributed by atoms with Crippen LogP contribution >= 0.6 is 11.6 Å². The summed E-state index contributed by atoms with van der Waals surface area (Å²) in [6, 6.07) is 6.17. The van der Waals surface area contributed by atoms with Crippen molar-refractivity contribution in [2.75, 3.05) is 5.32 Å². The monoisotopic (exact) mass is 253 g/mol. The summed E-state index contributed by atoms with van der Waals surface area (Å²) < 4.78 is 14.9. The van der Waals surface area contributed by atoms with Crippen LogP contribution in [-0.4, -0.2) is 9.78 Å². The van der Waals surface area contributed by atoms with E-state index in [2.05, 4.69) is 10.4 Å². The lowest BCUT2D eigenvalue weighted by Crippen LogP contribution is -2.11. The lowest BCUT2D eigenvalue weighted by Gasteiger charge is -2.16. The third-order valence-corrected chi connectivity index (χ3v) is 2.93. The Morgan fingerprint density at radius 2 is 2.18 bits per heavy atom. The molecule has 3 nitrogen and oxygen atoms in total. The summed E-state index contributed by atoms with van der Waals surface area (Å²) in [5.74, 6) is -0.311. The van der Waals surface area contributed by atoms with Gasteiger partial charge in [0.05, 0.1) is 22.4 Å². The summed E-state index contributed by atoms with van der Waals surface area (Å²) in [6.07, 6.45) is 1.72. The van der Waals surface area contributed by atoms with Crippen LogP contribution in [-0.2, 0) is 7.05 Å². The fourth-order valence-electron chi connectivity index (χ4n) is 1.72. The highest BCUT2D eigenvalue weighted by Crippen LogP contribution is 2.26. The van der Waals surface area contributed by atoms with Gasteiger partial charge in [-0.15, -0.1) is 0 Å². The lowest BCUT2D eigenvalue weighted by atomic mass is 10.2. The molecule has 1 heterocycles. The van der Waals surface area contributed by atoms with E-state index in [1.165, 1.54) is 18.2 Å². The zero-order valence-corrected chi connectivity index (χ0v) is 10.4. The van der Waals surface area contributed by atoms with Gasteiger partial charge in [-0.05, 0) is 31.2 Å². The first-order valence-electron chi connectivity index (χ1n) is 5.27. The Bertz CT molecular complexity index is 524. The van der Waals surface area contributed by atoms with Gasteiger partial charge in [-0.2, -0.15) is 5.10 Å². The molecule has 90 valence electrons. The Kier molecular flexibility index (Phi) is 3.33. The number of nitrogens with zero attached hydrogens (tertiary/aromatic N) is 2. The van der Waals surface area contributed by atoms with Gasteiger partial charge in [-0.25, -0.2) is 4.39 Å². The van der Waals surface area contributed by atoms with Crippen molar-refractivity contribution in [2.45, 2.75) is 13.0 Å². The molecule has 17 heavy (non-hydrogen) atoms. The third-order valence-electron chi connectivity index (χ3n) is 2.60. The molecule has 0 saturated heterocycles. The number of nitrogens with one attached hydrogen (secondary N) is 1. The SMILES string of the molecule is CC(Nc1cc(F)ccc1Cl)c1ccnn1C. The number of rotatable bonds is 3. The van der Waals surface area contributed by atoms with E-state index in [4.69, 9.17) is 11.6 Å². The molecule has 0 radical (unpaired) electrons. The van der Waals surface area contributed by atoms with E-state index < -0.39 is 0 Å². The molecule has 0 aliphatic heterocycles. The van der Waals surface area contributed by atoms with Gasteiger partial charge in [0, 0.05) is 13.2 Å². The Labute approximate surface area is 104 Å². The summed E-state index contributed by atoms with van der Waals surface area (Å²) >= 11 is 5.99. The van der Waals surface area contributed by atoms with Crippen molar-refractivity contribution in [3.05, 3.63) is 47.0 Å². The van der Waals surface area contributed by atoms with Gasteiger partial charge in [0.2, 0.25) is 0 Å². The molecule has 0 saturated carbocycles.